The second-order valence-electron chi connectivity index (χ2n) is 4.67. The van der Waals surface area contributed by atoms with Crippen LogP contribution in [0.5, 0.6) is 0 Å². The monoisotopic (exact) mass is 274 g/mol. The Kier molecular flexibility index (Phi) is 2.58. The minimum atomic E-state index is -0.0823. The van der Waals surface area contributed by atoms with E-state index in [4.69, 9.17) is 10.2 Å². The number of aromatic nitrogens is 2. The second-order valence-corrected chi connectivity index (χ2v) is 4.67. The van der Waals surface area contributed by atoms with E-state index in [1.54, 1.807) is 12.4 Å². The summed E-state index contributed by atoms with van der Waals surface area (Å²) in [6.45, 7) is 0. The first-order valence-corrected chi connectivity index (χ1v) is 6.66. The third kappa shape index (κ3) is 1.83. The molecule has 21 heavy (non-hydrogen) atoms. The Morgan fingerprint density at radius 3 is 1.48 bits per heavy atom. The summed E-state index contributed by atoms with van der Waals surface area (Å²) in [5.41, 5.74) is 0. The van der Waals surface area contributed by atoms with Crippen molar-refractivity contribution in [3.8, 4) is 0 Å². The van der Waals surface area contributed by atoms with Crippen LogP contribution < -0.4 is 15.4 Å². The molecular formula is C16H12N5+. The van der Waals surface area contributed by atoms with Gasteiger partial charge in [0.05, 0.1) is 0 Å². The van der Waals surface area contributed by atoms with Gasteiger partial charge in [0.15, 0.2) is 10.7 Å². The van der Waals surface area contributed by atoms with E-state index in [-0.39, 0.29) is 4.70 Å². The third-order valence-corrected chi connectivity index (χ3v) is 3.32. The SMILES string of the molecule is c1ccc([N+]2(c3ccccn3)N=c3ccccc3=N2)nc1. The fourth-order valence-electron chi connectivity index (χ4n) is 2.37. The summed E-state index contributed by atoms with van der Waals surface area (Å²) in [6.07, 6.45) is 3.48. The zero-order valence-electron chi connectivity index (χ0n) is 11.2. The lowest BCUT2D eigenvalue weighted by Gasteiger charge is -2.18. The van der Waals surface area contributed by atoms with Crippen LogP contribution in [0.15, 0.2) is 83.3 Å². The Morgan fingerprint density at radius 1 is 0.571 bits per heavy atom. The Labute approximate surface area is 121 Å². The first-order valence-electron chi connectivity index (χ1n) is 6.66. The maximum atomic E-state index is 4.77. The summed E-state index contributed by atoms with van der Waals surface area (Å²) in [4.78, 5) is 8.87. The van der Waals surface area contributed by atoms with Gasteiger partial charge in [-0.3, -0.25) is 0 Å². The molecule has 0 atom stereocenters. The molecule has 0 saturated carbocycles. The first-order chi connectivity index (χ1) is 10.4. The minimum absolute atomic E-state index is 0.0823. The van der Waals surface area contributed by atoms with E-state index in [2.05, 4.69) is 9.97 Å². The van der Waals surface area contributed by atoms with Crippen LogP contribution >= 0.6 is 0 Å². The summed E-state index contributed by atoms with van der Waals surface area (Å²) >= 11 is 0. The number of quaternary nitrogens is 1. The molecule has 0 aliphatic carbocycles. The highest BCUT2D eigenvalue weighted by Gasteiger charge is 2.40. The molecule has 2 aromatic heterocycles. The smallest absolute Gasteiger partial charge is 0.200 e. The topological polar surface area (TPSA) is 50.5 Å². The predicted molar refractivity (Wildman–Crippen MR) is 78.7 cm³/mol. The van der Waals surface area contributed by atoms with E-state index in [1.165, 1.54) is 0 Å². The van der Waals surface area contributed by atoms with Gasteiger partial charge in [0, 0.05) is 29.2 Å². The van der Waals surface area contributed by atoms with Crippen molar-refractivity contribution in [3.05, 3.63) is 83.8 Å². The summed E-state index contributed by atoms with van der Waals surface area (Å²) in [5.74, 6) is 1.43. The molecule has 0 radical (unpaired) electrons. The largest absolute Gasteiger partial charge is 0.288 e. The van der Waals surface area contributed by atoms with Gasteiger partial charge < -0.3 is 0 Å². The number of nitrogens with zero attached hydrogens (tertiary/aromatic N) is 5. The van der Waals surface area contributed by atoms with Gasteiger partial charge in [0.25, 0.3) is 11.6 Å². The number of hydrogen-bond donors (Lipinski definition) is 0. The van der Waals surface area contributed by atoms with E-state index in [1.807, 2.05) is 60.7 Å². The first kappa shape index (κ1) is 11.9. The van der Waals surface area contributed by atoms with Crippen LogP contribution in [-0.2, 0) is 0 Å². The van der Waals surface area contributed by atoms with E-state index in [0.29, 0.717) is 11.6 Å². The quantitative estimate of drug-likeness (QED) is 0.670. The highest BCUT2D eigenvalue weighted by molar-refractivity contribution is 5.48. The molecule has 0 fully saturated rings. The van der Waals surface area contributed by atoms with Gasteiger partial charge in [-0.2, -0.15) is 0 Å². The molecular weight excluding hydrogens is 262 g/mol. The average Bonchev–Trinajstić information content (AvgIpc) is 2.97. The molecule has 5 nitrogen and oxygen atoms in total. The van der Waals surface area contributed by atoms with Gasteiger partial charge in [-0.15, -0.1) is 0 Å². The lowest BCUT2D eigenvalue weighted by atomic mass is 10.3. The molecule has 0 amide bonds. The van der Waals surface area contributed by atoms with E-state index < -0.39 is 0 Å². The lowest BCUT2D eigenvalue weighted by molar-refractivity contribution is 0.400. The zero-order chi connectivity index (χ0) is 14.1. The van der Waals surface area contributed by atoms with Crippen molar-refractivity contribution in [2.75, 3.05) is 0 Å². The number of benzene rings is 1. The van der Waals surface area contributed by atoms with Crippen LogP contribution in [0.25, 0.3) is 0 Å². The maximum Gasteiger partial charge on any atom is 0.288 e. The fraction of sp³-hybridized carbons (Fsp3) is 0. The number of hydrogen-bond acceptors (Lipinski definition) is 4. The van der Waals surface area contributed by atoms with Crippen LogP contribution in [0.1, 0.15) is 0 Å². The van der Waals surface area contributed by atoms with Crippen LogP contribution in [0.3, 0.4) is 0 Å². The van der Waals surface area contributed by atoms with Gasteiger partial charge >= 0.3 is 0 Å². The Hall–Kier alpha value is -2.92. The van der Waals surface area contributed by atoms with Gasteiger partial charge in [0.1, 0.15) is 0 Å². The highest BCUT2D eigenvalue weighted by atomic mass is 15.8. The third-order valence-electron chi connectivity index (χ3n) is 3.32. The zero-order valence-corrected chi connectivity index (χ0v) is 11.2. The van der Waals surface area contributed by atoms with E-state index >= 15 is 0 Å². The molecule has 3 aromatic rings. The van der Waals surface area contributed by atoms with Crippen LogP contribution in [0.2, 0.25) is 0 Å². The second kappa shape index (κ2) is 4.57. The molecule has 3 heterocycles. The molecule has 4 rings (SSSR count). The Bertz CT molecular complexity index is 814. The normalized spacial score (nSPS) is 14.9. The molecule has 1 aromatic carbocycles. The Morgan fingerprint density at radius 2 is 1.05 bits per heavy atom. The van der Waals surface area contributed by atoms with Crippen LogP contribution in [-0.4, -0.2) is 9.97 Å². The fourth-order valence-corrected chi connectivity index (χ4v) is 2.37. The van der Waals surface area contributed by atoms with Crippen molar-refractivity contribution in [1.29, 1.82) is 0 Å². The summed E-state index contributed by atoms with van der Waals surface area (Å²) in [5, 5.41) is 11.2. The maximum absolute atomic E-state index is 4.77. The molecule has 0 N–H and O–H groups in total. The van der Waals surface area contributed by atoms with Gasteiger partial charge in [-0.1, -0.05) is 24.3 Å². The lowest BCUT2D eigenvalue weighted by Crippen LogP contribution is -2.33. The summed E-state index contributed by atoms with van der Waals surface area (Å²) in [6, 6.07) is 19.2. The molecule has 0 bridgehead atoms. The molecule has 1 aliphatic heterocycles. The van der Waals surface area contributed by atoms with E-state index in [0.717, 1.165) is 10.7 Å². The van der Waals surface area contributed by atoms with Crippen LogP contribution in [0, 0.1) is 0 Å². The van der Waals surface area contributed by atoms with Crippen molar-refractivity contribution in [2.45, 2.75) is 0 Å². The van der Waals surface area contributed by atoms with Crippen molar-refractivity contribution in [3.63, 3.8) is 0 Å². The number of pyridine rings is 2. The van der Waals surface area contributed by atoms with Gasteiger partial charge in [0.2, 0.25) is 0 Å². The van der Waals surface area contributed by atoms with Gasteiger partial charge in [-0.25, -0.2) is 9.97 Å². The Balaban J connectivity index is 2.05. The van der Waals surface area contributed by atoms with E-state index in [9.17, 15) is 0 Å². The van der Waals surface area contributed by atoms with Crippen molar-refractivity contribution >= 4 is 11.6 Å². The van der Waals surface area contributed by atoms with Gasteiger partial charge in [-0.05, 0) is 34.5 Å². The summed E-state index contributed by atoms with van der Waals surface area (Å²) in [7, 11) is 0. The molecule has 100 valence electrons. The van der Waals surface area contributed by atoms with Crippen molar-refractivity contribution in [1.82, 2.24) is 14.7 Å². The highest BCUT2D eigenvalue weighted by Crippen LogP contribution is 2.32. The summed E-state index contributed by atoms with van der Waals surface area (Å²) < 4.78 is -0.0823. The number of rotatable bonds is 2. The predicted octanol–water partition coefficient (Wildman–Crippen LogP) is 1.90. The molecule has 0 spiro atoms. The van der Waals surface area contributed by atoms with Crippen molar-refractivity contribution in [2.24, 2.45) is 10.2 Å². The molecule has 5 heteroatoms. The molecule has 0 saturated heterocycles. The molecule has 0 unspecified atom stereocenters. The molecule has 1 aliphatic rings. The van der Waals surface area contributed by atoms with Crippen molar-refractivity contribution < 1.29 is 0 Å². The minimum Gasteiger partial charge on any atom is -0.200 e. The average molecular weight is 274 g/mol. The number of fused-ring (bicyclic) bond motifs is 1. The van der Waals surface area contributed by atoms with Crippen LogP contribution in [0.4, 0.5) is 11.6 Å². The standard InChI is InChI=1S/C16H12N5/c1-2-8-14-13(7-1)19-21(20-14,15-9-3-5-11-17-15)16-10-4-6-12-18-16/h1-12H/q+1.